The minimum atomic E-state index is 0.519. The number of piperazine rings is 1. The molecule has 1 aromatic heterocycles. The first-order valence-electron chi connectivity index (χ1n) is 5.30. The monoisotopic (exact) mass is 224 g/mol. The Bertz CT molecular complexity index is 358. The summed E-state index contributed by atoms with van der Waals surface area (Å²) in [5.74, 6) is 0.952. The molecule has 1 N–H and O–H groups in total. The van der Waals surface area contributed by atoms with Crippen LogP contribution in [0, 0.1) is 0 Å². The quantitative estimate of drug-likeness (QED) is 0.725. The molecule has 4 nitrogen and oxygen atoms in total. The average molecular weight is 225 g/mol. The van der Waals surface area contributed by atoms with Gasteiger partial charge in [-0.25, -0.2) is 9.97 Å². The third kappa shape index (κ3) is 1.79. The second-order valence-electron chi connectivity index (χ2n) is 4.24. The first-order valence-corrected chi connectivity index (χ1v) is 5.67. The average Bonchev–Trinajstić information content (AvgIpc) is 2.58. The minimum Gasteiger partial charge on any atom is -0.353 e. The SMILES string of the molecule is Clc1cc(N2CC3CCC(C2)N3)ncn1. The van der Waals surface area contributed by atoms with Crippen LogP contribution in [0.4, 0.5) is 5.82 Å². The van der Waals surface area contributed by atoms with E-state index in [2.05, 4.69) is 20.2 Å². The highest BCUT2D eigenvalue weighted by molar-refractivity contribution is 6.29. The van der Waals surface area contributed by atoms with Crippen molar-refractivity contribution in [3.05, 3.63) is 17.5 Å². The number of hydrogen-bond donors (Lipinski definition) is 1. The predicted octanol–water partition coefficient (Wildman–Crippen LogP) is 1.07. The molecule has 2 unspecified atom stereocenters. The van der Waals surface area contributed by atoms with E-state index in [1.54, 1.807) is 0 Å². The Hall–Kier alpha value is -0.870. The van der Waals surface area contributed by atoms with E-state index in [1.165, 1.54) is 19.2 Å². The van der Waals surface area contributed by atoms with Crippen molar-refractivity contribution in [2.45, 2.75) is 24.9 Å². The first-order chi connectivity index (χ1) is 7.31. The van der Waals surface area contributed by atoms with Crippen LogP contribution in [-0.2, 0) is 0 Å². The van der Waals surface area contributed by atoms with Gasteiger partial charge in [-0.05, 0) is 12.8 Å². The maximum absolute atomic E-state index is 5.86. The van der Waals surface area contributed by atoms with E-state index in [9.17, 15) is 0 Å². The van der Waals surface area contributed by atoms with E-state index in [1.807, 2.05) is 6.07 Å². The molecule has 0 saturated carbocycles. The third-order valence-electron chi connectivity index (χ3n) is 3.16. The molecule has 80 valence electrons. The highest BCUT2D eigenvalue weighted by Crippen LogP contribution is 2.24. The molecule has 2 saturated heterocycles. The number of nitrogens with one attached hydrogen (secondary N) is 1. The fourth-order valence-electron chi connectivity index (χ4n) is 2.48. The highest BCUT2D eigenvalue weighted by atomic mass is 35.5. The van der Waals surface area contributed by atoms with Crippen LogP contribution in [0.15, 0.2) is 12.4 Å². The van der Waals surface area contributed by atoms with Crippen molar-refractivity contribution >= 4 is 17.4 Å². The molecule has 15 heavy (non-hydrogen) atoms. The molecule has 2 fully saturated rings. The van der Waals surface area contributed by atoms with Crippen LogP contribution in [0.2, 0.25) is 5.15 Å². The Balaban J connectivity index is 1.83. The standard InChI is InChI=1S/C10H13ClN4/c11-9-3-10(13-6-12-9)15-4-7-1-2-8(5-15)14-7/h3,6-8,14H,1-2,4-5H2. The number of halogens is 1. The van der Waals surface area contributed by atoms with Crippen LogP contribution in [0.3, 0.4) is 0 Å². The van der Waals surface area contributed by atoms with Gasteiger partial charge >= 0.3 is 0 Å². The van der Waals surface area contributed by atoms with Crippen molar-refractivity contribution in [3.8, 4) is 0 Å². The number of fused-ring (bicyclic) bond motifs is 2. The Kier molecular flexibility index (Phi) is 2.25. The minimum absolute atomic E-state index is 0.519. The van der Waals surface area contributed by atoms with Gasteiger partial charge in [0.1, 0.15) is 17.3 Å². The van der Waals surface area contributed by atoms with Crippen LogP contribution in [0.25, 0.3) is 0 Å². The molecule has 0 aromatic carbocycles. The van der Waals surface area contributed by atoms with Crippen molar-refractivity contribution in [1.29, 1.82) is 0 Å². The van der Waals surface area contributed by atoms with Crippen LogP contribution in [-0.4, -0.2) is 35.1 Å². The third-order valence-corrected chi connectivity index (χ3v) is 3.37. The van der Waals surface area contributed by atoms with E-state index < -0.39 is 0 Å². The first kappa shape index (κ1) is 9.36. The van der Waals surface area contributed by atoms with Crippen LogP contribution in [0.5, 0.6) is 0 Å². The molecule has 0 spiro atoms. The summed E-state index contributed by atoms with van der Waals surface area (Å²) in [5.41, 5.74) is 0. The molecule has 3 heterocycles. The van der Waals surface area contributed by atoms with Crippen LogP contribution >= 0.6 is 11.6 Å². The molecule has 2 atom stereocenters. The summed E-state index contributed by atoms with van der Waals surface area (Å²) in [5, 5.41) is 4.11. The van der Waals surface area contributed by atoms with Crippen molar-refractivity contribution < 1.29 is 0 Å². The van der Waals surface area contributed by atoms with E-state index in [-0.39, 0.29) is 0 Å². The molecule has 2 aliphatic heterocycles. The number of aromatic nitrogens is 2. The fraction of sp³-hybridized carbons (Fsp3) is 0.600. The molecule has 0 aliphatic carbocycles. The maximum Gasteiger partial charge on any atom is 0.134 e. The molecular formula is C10H13ClN4. The Morgan fingerprint density at radius 3 is 2.67 bits per heavy atom. The number of rotatable bonds is 1. The van der Waals surface area contributed by atoms with E-state index in [0.717, 1.165) is 18.9 Å². The zero-order valence-electron chi connectivity index (χ0n) is 8.36. The lowest BCUT2D eigenvalue weighted by Crippen LogP contribution is -2.51. The van der Waals surface area contributed by atoms with Crippen LogP contribution in [0.1, 0.15) is 12.8 Å². The van der Waals surface area contributed by atoms with Gasteiger partial charge in [-0.1, -0.05) is 11.6 Å². The second kappa shape index (κ2) is 3.61. The smallest absolute Gasteiger partial charge is 0.134 e. The molecule has 2 aliphatic rings. The lowest BCUT2D eigenvalue weighted by atomic mass is 10.2. The summed E-state index contributed by atoms with van der Waals surface area (Å²) in [6.45, 7) is 2.06. The lowest BCUT2D eigenvalue weighted by molar-refractivity contribution is 0.463. The van der Waals surface area contributed by atoms with Gasteiger partial charge in [-0.2, -0.15) is 0 Å². The number of anilines is 1. The highest BCUT2D eigenvalue weighted by Gasteiger charge is 2.32. The van der Waals surface area contributed by atoms with E-state index >= 15 is 0 Å². The van der Waals surface area contributed by atoms with Gasteiger partial charge in [0.05, 0.1) is 0 Å². The van der Waals surface area contributed by atoms with E-state index in [0.29, 0.717) is 17.2 Å². The Morgan fingerprint density at radius 2 is 2.00 bits per heavy atom. The van der Waals surface area contributed by atoms with Crippen molar-refractivity contribution in [1.82, 2.24) is 15.3 Å². The summed E-state index contributed by atoms with van der Waals surface area (Å²) in [4.78, 5) is 10.5. The molecule has 0 radical (unpaired) electrons. The van der Waals surface area contributed by atoms with Gasteiger partial charge in [0.25, 0.3) is 0 Å². The summed E-state index contributed by atoms with van der Waals surface area (Å²) in [7, 11) is 0. The summed E-state index contributed by atoms with van der Waals surface area (Å²) in [6, 6.07) is 3.08. The summed E-state index contributed by atoms with van der Waals surface area (Å²) >= 11 is 5.86. The van der Waals surface area contributed by atoms with Crippen LogP contribution < -0.4 is 10.2 Å². The van der Waals surface area contributed by atoms with Crippen molar-refractivity contribution in [3.63, 3.8) is 0 Å². The molecule has 1 aromatic rings. The zero-order valence-corrected chi connectivity index (χ0v) is 9.11. The Labute approximate surface area is 93.7 Å². The molecule has 3 rings (SSSR count). The Morgan fingerprint density at radius 1 is 1.27 bits per heavy atom. The molecule has 0 amide bonds. The van der Waals surface area contributed by atoms with Gasteiger partial charge in [-0.3, -0.25) is 0 Å². The predicted molar refractivity (Wildman–Crippen MR) is 59.2 cm³/mol. The largest absolute Gasteiger partial charge is 0.353 e. The summed E-state index contributed by atoms with van der Waals surface area (Å²) < 4.78 is 0. The second-order valence-corrected chi connectivity index (χ2v) is 4.63. The summed E-state index contributed by atoms with van der Waals surface area (Å²) in [6.07, 6.45) is 4.08. The number of hydrogen-bond acceptors (Lipinski definition) is 4. The fourth-order valence-corrected chi connectivity index (χ4v) is 2.62. The van der Waals surface area contributed by atoms with Gasteiger partial charge in [-0.15, -0.1) is 0 Å². The molecule has 2 bridgehead atoms. The zero-order chi connectivity index (χ0) is 10.3. The van der Waals surface area contributed by atoms with Crippen molar-refractivity contribution in [2.24, 2.45) is 0 Å². The van der Waals surface area contributed by atoms with Crippen molar-refractivity contribution in [2.75, 3.05) is 18.0 Å². The molecular weight excluding hydrogens is 212 g/mol. The topological polar surface area (TPSA) is 41.0 Å². The van der Waals surface area contributed by atoms with Gasteiger partial charge < -0.3 is 10.2 Å². The normalized spacial score (nSPS) is 29.5. The number of nitrogens with zero attached hydrogens (tertiary/aromatic N) is 3. The molecule has 5 heteroatoms. The lowest BCUT2D eigenvalue weighted by Gasteiger charge is -2.33. The van der Waals surface area contributed by atoms with Gasteiger partial charge in [0.15, 0.2) is 0 Å². The maximum atomic E-state index is 5.86. The van der Waals surface area contributed by atoms with Gasteiger partial charge in [0, 0.05) is 31.2 Å². The van der Waals surface area contributed by atoms with E-state index in [4.69, 9.17) is 11.6 Å². The van der Waals surface area contributed by atoms with Gasteiger partial charge in [0.2, 0.25) is 0 Å².